The van der Waals surface area contributed by atoms with E-state index in [0.29, 0.717) is 0 Å². The lowest BCUT2D eigenvalue weighted by molar-refractivity contribution is -0.172. The lowest BCUT2D eigenvalue weighted by atomic mass is 10.2. The number of para-hydroxylation sites is 1. The molecule has 0 radical (unpaired) electrons. The predicted molar refractivity (Wildman–Crippen MR) is 71.2 cm³/mol. The Bertz CT molecular complexity index is 529. The summed E-state index contributed by atoms with van der Waals surface area (Å²) in [5.74, 6) is -1.74. The SMILES string of the molecule is CCOC(=O)C(OC(=O)Cl)OC(=O)c1ccccc1OC. The summed E-state index contributed by atoms with van der Waals surface area (Å²) >= 11 is 5.02. The van der Waals surface area contributed by atoms with Crippen molar-refractivity contribution >= 4 is 29.0 Å². The fourth-order valence-corrected chi connectivity index (χ4v) is 1.47. The molecule has 0 bridgehead atoms. The first kappa shape index (κ1) is 16.8. The van der Waals surface area contributed by atoms with E-state index in [1.165, 1.54) is 19.2 Å². The largest absolute Gasteiger partial charge is 0.496 e. The van der Waals surface area contributed by atoms with Crippen LogP contribution in [0.3, 0.4) is 0 Å². The summed E-state index contributed by atoms with van der Waals surface area (Å²) < 4.78 is 18.8. The molecule has 0 saturated carbocycles. The van der Waals surface area contributed by atoms with Crippen LogP contribution < -0.4 is 4.74 Å². The molecular weight excluding hydrogens is 304 g/mol. The van der Waals surface area contributed by atoms with Gasteiger partial charge in [0.1, 0.15) is 11.3 Å². The quantitative estimate of drug-likeness (QED) is 0.451. The molecule has 0 spiro atoms. The van der Waals surface area contributed by atoms with Crippen LogP contribution in [-0.4, -0.2) is 37.4 Å². The summed E-state index contributed by atoms with van der Waals surface area (Å²) in [5.41, 5.74) is -1.25. The number of esters is 2. The van der Waals surface area contributed by atoms with Crippen molar-refractivity contribution in [2.75, 3.05) is 13.7 Å². The van der Waals surface area contributed by atoms with Crippen LogP contribution in [-0.2, 0) is 19.0 Å². The Morgan fingerprint density at radius 2 is 1.86 bits per heavy atom. The monoisotopic (exact) mass is 316 g/mol. The van der Waals surface area contributed by atoms with Gasteiger partial charge in [0.25, 0.3) is 0 Å². The van der Waals surface area contributed by atoms with E-state index in [1.54, 1.807) is 19.1 Å². The van der Waals surface area contributed by atoms with Gasteiger partial charge in [-0.25, -0.2) is 14.4 Å². The molecule has 1 aromatic carbocycles. The molecule has 21 heavy (non-hydrogen) atoms. The average Bonchev–Trinajstić information content (AvgIpc) is 2.46. The third-order valence-electron chi connectivity index (χ3n) is 2.22. The van der Waals surface area contributed by atoms with E-state index in [2.05, 4.69) is 9.47 Å². The Kier molecular flexibility index (Phi) is 6.48. The number of carbonyl (C=O) groups excluding carboxylic acids is 3. The minimum Gasteiger partial charge on any atom is -0.496 e. The average molecular weight is 317 g/mol. The van der Waals surface area contributed by atoms with Gasteiger partial charge >= 0.3 is 23.7 Å². The normalized spacial score (nSPS) is 11.2. The van der Waals surface area contributed by atoms with Crippen LogP contribution in [0.4, 0.5) is 4.79 Å². The zero-order valence-electron chi connectivity index (χ0n) is 11.3. The molecular formula is C13H13ClO7. The van der Waals surface area contributed by atoms with Crippen LogP contribution >= 0.6 is 11.6 Å². The Balaban J connectivity index is 2.89. The van der Waals surface area contributed by atoms with Gasteiger partial charge in [-0.2, -0.15) is 0 Å². The second-order valence-corrected chi connectivity index (χ2v) is 3.85. The van der Waals surface area contributed by atoms with Crippen LogP contribution in [0.5, 0.6) is 5.75 Å². The lowest BCUT2D eigenvalue weighted by Crippen LogP contribution is -2.32. The Morgan fingerprint density at radius 1 is 1.19 bits per heavy atom. The third-order valence-corrected chi connectivity index (χ3v) is 2.31. The molecule has 0 N–H and O–H groups in total. The Morgan fingerprint density at radius 3 is 2.43 bits per heavy atom. The van der Waals surface area contributed by atoms with Crippen LogP contribution in [0.25, 0.3) is 0 Å². The van der Waals surface area contributed by atoms with Gasteiger partial charge < -0.3 is 18.9 Å². The van der Waals surface area contributed by atoms with Crippen molar-refractivity contribution in [2.45, 2.75) is 13.2 Å². The fraction of sp³-hybridized carbons (Fsp3) is 0.308. The molecule has 114 valence electrons. The maximum atomic E-state index is 12.0. The first-order valence-electron chi connectivity index (χ1n) is 5.86. The zero-order valence-corrected chi connectivity index (χ0v) is 12.1. The second kappa shape index (κ2) is 8.11. The molecule has 7 nitrogen and oxygen atoms in total. The molecule has 1 aromatic rings. The molecule has 8 heteroatoms. The molecule has 1 unspecified atom stereocenters. The molecule has 0 saturated heterocycles. The highest BCUT2D eigenvalue weighted by molar-refractivity contribution is 6.61. The number of hydrogen-bond acceptors (Lipinski definition) is 7. The van der Waals surface area contributed by atoms with Gasteiger partial charge in [0.05, 0.1) is 13.7 Å². The zero-order chi connectivity index (χ0) is 15.8. The molecule has 0 fully saturated rings. The molecule has 0 aliphatic carbocycles. The van der Waals surface area contributed by atoms with Crippen molar-refractivity contribution in [2.24, 2.45) is 0 Å². The van der Waals surface area contributed by atoms with Crippen molar-refractivity contribution in [3.8, 4) is 5.75 Å². The first-order chi connectivity index (χ1) is 9.99. The molecule has 0 aliphatic heterocycles. The Labute approximate surface area is 125 Å². The van der Waals surface area contributed by atoms with E-state index in [0.717, 1.165) is 0 Å². The van der Waals surface area contributed by atoms with Crippen molar-refractivity contribution in [1.82, 2.24) is 0 Å². The van der Waals surface area contributed by atoms with Gasteiger partial charge in [0.2, 0.25) is 0 Å². The van der Waals surface area contributed by atoms with E-state index in [9.17, 15) is 14.4 Å². The van der Waals surface area contributed by atoms with E-state index < -0.39 is 23.7 Å². The summed E-state index contributed by atoms with van der Waals surface area (Å²) in [5, 5.41) is 0. The fourth-order valence-electron chi connectivity index (χ4n) is 1.39. The van der Waals surface area contributed by atoms with Crippen molar-refractivity contribution in [3.05, 3.63) is 29.8 Å². The highest BCUT2D eigenvalue weighted by atomic mass is 35.5. The van der Waals surface area contributed by atoms with Gasteiger partial charge in [0.15, 0.2) is 0 Å². The number of benzene rings is 1. The number of carbonyl (C=O) groups is 3. The first-order valence-corrected chi connectivity index (χ1v) is 6.24. The van der Waals surface area contributed by atoms with Crippen LogP contribution in [0.2, 0.25) is 0 Å². The topological polar surface area (TPSA) is 88.1 Å². The molecule has 1 atom stereocenters. The number of hydrogen-bond donors (Lipinski definition) is 0. The molecule has 0 heterocycles. The van der Waals surface area contributed by atoms with Crippen molar-refractivity contribution in [3.63, 3.8) is 0 Å². The number of ether oxygens (including phenoxy) is 4. The summed E-state index contributed by atoms with van der Waals surface area (Å²) in [6.45, 7) is 1.56. The maximum Gasteiger partial charge on any atom is 0.407 e. The van der Waals surface area contributed by atoms with E-state index in [1.807, 2.05) is 0 Å². The van der Waals surface area contributed by atoms with Gasteiger partial charge in [-0.05, 0) is 19.1 Å². The van der Waals surface area contributed by atoms with E-state index in [-0.39, 0.29) is 17.9 Å². The van der Waals surface area contributed by atoms with Crippen LogP contribution in [0.1, 0.15) is 17.3 Å². The smallest absolute Gasteiger partial charge is 0.407 e. The van der Waals surface area contributed by atoms with E-state index in [4.69, 9.17) is 21.1 Å². The predicted octanol–water partition coefficient (Wildman–Crippen LogP) is 2.12. The summed E-state index contributed by atoms with van der Waals surface area (Å²) in [6.07, 6.45) is -1.88. The van der Waals surface area contributed by atoms with Crippen molar-refractivity contribution in [1.29, 1.82) is 0 Å². The lowest BCUT2D eigenvalue weighted by Gasteiger charge is -2.16. The molecule has 1 rings (SSSR count). The highest BCUT2D eigenvalue weighted by Gasteiger charge is 2.29. The molecule has 0 amide bonds. The van der Waals surface area contributed by atoms with Crippen molar-refractivity contribution < 1.29 is 33.3 Å². The Hall–Kier alpha value is -2.28. The standard InChI is InChI=1S/C13H13ClO7/c1-3-19-11(16)12(21-13(14)17)20-10(15)8-6-4-5-7-9(8)18-2/h4-7,12H,3H2,1-2H3. The molecule has 0 aromatic heterocycles. The summed E-state index contributed by atoms with van der Waals surface area (Å²) in [7, 11) is 1.37. The summed E-state index contributed by atoms with van der Waals surface area (Å²) in [6, 6.07) is 6.18. The minimum atomic E-state index is -1.88. The number of methoxy groups -OCH3 is 1. The highest BCUT2D eigenvalue weighted by Crippen LogP contribution is 2.19. The summed E-state index contributed by atoms with van der Waals surface area (Å²) in [4.78, 5) is 34.2. The van der Waals surface area contributed by atoms with Gasteiger partial charge in [-0.3, -0.25) is 0 Å². The maximum absolute atomic E-state index is 12.0. The second-order valence-electron chi connectivity index (χ2n) is 3.55. The van der Waals surface area contributed by atoms with E-state index >= 15 is 0 Å². The van der Waals surface area contributed by atoms with Gasteiger partial charge in [0, 0.05) is 11.6 Å². The van der Waals surface area contributed by atoms with Crippen LogP contribution in [0, 0.1) is 0 Å². The third kappa shape index (κ3) is 4.96. The minimum absolute atomic E-state index is 0.0153. The van der Waals surface area contributed by atoms with Crippen LogP contribution in [0.15, 0.2) is 24.3 Å². The number of halogens is 1. The van der Waals surface area contributed by atoms with Gasteiger partial charge in [-0.1, -0.05) is 12.1 Å². The number of rotatable bonds is 6. The van der Waals surface area contributed by atoms with Gasteiger partial charge in [-0.15, -0.1) is 0 Å². The molecule has 0 aliphatic rings.